The number of rotatable bonds is 8. The summed E-state index contributed by atoms with van der Waals surface area (Å²) in [6, 6.07) is 31.6. The van der Waals surface area contributed by atoms with Gasteiger partial charge in [-0.15, -0.1) is 0 Å². The summed E-state index contributed by atoms with van der Waals surface area (Å²) < 4.78 is 0. The van der Waals surface area contributed by atoms with E-state index in [0.717, 1.165) is 58.7 Å². The van der Waals surface area contributed by atoms with Gasteiger partial charge >= 0.3 is 13.1 Å². The minimum atomic E-state index is -1.52. The Morgan fingerprint density at radius 3 is 1.88 bits per heavy atom. The highest BCUT2D eigenvalue weighted by atomic mass is 16.4. The molecule has 4 aromatic carbocycles. The minimum absolute atomic E-state index is 0.0617. The second-order valence-electron chi connectivity index (χ2n) is 15.1. The molecule has 0 spiro atoms. The van der Waals surface area contributed by atoms with E-state index in [1.54, 1.807) is 17.0 Å². The molecule has 3 fully saturated rings. The number of urea groups is 1. The fourth-order valence-corrected chi connectivity index (χ4v) is 8.61. The van der Waals surface area contributed by atoms with Crippen LogP contribution in [0, 0.1) is 0 Å². The number of hydrogen-bond acceptors (Lipinski definition) is 8. The number of benzene rings is 4. The molecule has 8 rings (SSSR count). The van der Waals surface area contributed by atoms with E-state index in [4.69, 9.17) is 0 Å². The molecule has 1 atom stereocenters. The Hall–Kier alpha value is -5.92. The van der Waals surface area contributed by atoms with E-state index in [9.17, 15) is 29.2 Å². The topological polar surface area (TPSA) is 137 Å². The number of fused-ring (bicyclic) bond motifs is 1. The van der Waals surface area contributed by atoms with Gasteiger partial charge in [0.1, 0.15) is 6.04 Å². The number of carbonyl (C=O) groups is 4. The molecule has 4 aromatic rings. The molecular formula is C44H47BN6O6. The molecule has 13 heteroatoms. The average molecular weight is 767 g/mol. The summed E-state index contributed by atoms with van der Waals surface area (Å²) in [7, 11) is -1.52. The van der Waals surface area contributed by atoms with Crippen LogP contribution >= 0.6 is 0 Å². The maximum absolute atomic E-state index is 13.7. The van der Waals surface area contributed by atoms with Crippen molar-refractivity contribution >= 4 is 58.9 Å². The lowest BCUT2D eigenvalue weighted by Crippen LogP contribution is -2.57. The number of amides is 5. The molecule has 4 aliphatic heterocycles. The Bertz CT molecular complexity index is 2180. The van der Waals surface area contributed by atoms with Gasteiger partial charge < -0.3 is 34.5 Å². The molecule has 3 N–H and O–H groups in total. The van der Waals surface area contributed by atoms with Crippen LogP contribution in [0.25, 0.3) is 11.1 Å². The van der Waals surface area contributed by atoms with Gasteiger partial charge in [-0.25, -0.2) is 4.79 Å². The Morgan fingerprint density at radius 2 is 1.30 bits per heavy atom. The van der Waals surface area contributed by atoms with Crippen LogP contribution in [-0.4, -0.2) is 114 Å². The highest BCUT2D eigenvalue weighted by Crippen LogP contribution is 2.35. The third-order valence-electron chi connectivity index (χ3n) is 11.8. The summed E-state index contributed by atoms with van der Waals surface area (Å²) in [6.07, 6.45) is 1.38. The van der Waals surface area contributed by atoms with Crippen LogP contribution in [0.2, 0.25) is 0 Å². The van der Waals surface area contributed by atoms with Gasteiger partial charge in [0, 0.05) is 82.3 Å². The number of piperidine rings is 1. The van der Waals surface area contributed by atoms with E-state index in [0.29, 0.717) is 63.3 Å². The van der Waals surface area contributed by atoms with Gasteiger partial charge in [-0.3, -0.25) is 19.7 Å². The zero-order valence-electron chi connectivity index (χ0n) is 32.1. The third kappa shape index (κ3) is 7.77. The number of hydrogen-bond donors (Lipinski definition) is 3. The first-order valence-corrected chi connectivity index (χ1v) is 19.8. The highest BCUT2D eigenvalue weighted by Gasteiger charge is 2.39. The zero-order valence-corrected chi connectivity index (χ0v) is 32.1. The number of imide groups is 1. The fraction of sp³-hybridized carbons (Fsp3) is 0.318. The fourth-order valence-electron chi connectivity index (χ4n) is 8.61. The van der Waals surface area contributed by atoms with Crippen LogP contribution in [-0.2, 0) is 16.1 Å². The SMILES string of the molecule is CC/C(=C(/c1ccc(B(O)O)cc1)c1ccc(N2CCN(C(=O)N3CCN(c4ccc5c(c4)CN([C@@H]4CCC(=O)NC4=O)C5=O)CC3)CC2)cc1)c1ccccc1. The van der Waals surface area contributed by atoms with Gasteiger partial charge in [-0.05, 0) is 82.0 Å². The molecule has 0 aliphatic carbocycles. The molecule has 292 valence electrons. The molecule has 4 aliphatic rings. The Kier molecular flexibility index (Phi) is 10.9. The number of nitrogens with zero attached hydrogens (tertiary/aromatic N) is 5. The molecule has 0 radical (unpaired) electrons. The van der Waals surface area contributed by atoms with Crippen molar-refractivity contribution in [3.05, 3.63) is 125 Å². The van der Waals surface area contributed by atoms with Crippen molar-refractivity contribution in [2.45, 2.75) is 38.8 Å². The normalized spacial score (nSPS) is 19.0. The predicted octanol–water partition coefficient (Wildman–Crippen LogP) is 3.56. The van der Waals surface area contributed by atoms with E-state index < -0.39 is 19.1 Å². The van der Waals surface area contributed by atoms with Crippen LogP contribution in [0.4, 0.5) is 16.2 Å². The molecule has 3 saturated heterocycles. The van der Waals surface area contributed by atoms with Crippen LogP contribution in [0.1, 0.15) is 58.8 Å². The minimum Gasteiger partial charge on any atom is -0.423 e. The van der Waals surface area contributed by atoms with Gasteiger partial charge in [0.05, 0.1) is 0 Å². The summed E-state index contributed by atoms with van der Waals surface area (Å²) in [4.78, 5) is 60.9. The van der Waals surface area contributed by atoms with Gasteiger partial charge in [0.15, 0.2) is 0 Å². The second kappa shape index (κ2) is 16.3. The molecule has 57 heavy (non-hydrogen) atoms. The predicted molar refractivity (Wildman–Crippen MR) is 221 cm³/mol. The third-order valence-corrected chi connectivity index (χ3v) is 11.8. The van der Waals surface area contributed by atoms with Crippen molar-refractivity contribution < 1.29 is 29.2 Å². The zero-order chi connectivity index (χ0) is 39.6. The van der Waals surface area contributed by atoms with E-state index in [1.165, 1.54) is 5.57 Å². The number of allylic oxidation sites excluding steroid dienone is 1. The first-order chi connectivity index (χ1) is 27.7. The lowest BCUT2D eigenvalue weighted by Gasteiger charge is -2.41. The van der Waals surface area contributed by atoms with Crippen LogP contribution in [0.5, 0.6) is 0 Å². The smallest absolute Gasteiger partial charge is 0.423 e. The monoisotopic (exact) mass is 766 g/mol. The average Bonchev–Trinajstić information content (AvgIpc) is 3.57. The molecule has 0 aromatic heterocycles. The molecule has 5 amide bonds. The van der Waals surface area contributed by atoms with Crippen molar-refractivity contribution in [1.82, 2.24) is 20.0 Å². The summed E-state index contributed by atoms with van der Waals surface area (Å²) in [5.74, 6) is -0.897. The van der Waals surface area contributed by atoms with Crippen molar-refractivity contribution in [3.8, 4) is 0 Å². The van der Waals surface area contributed by atoms with E-state index in [2.05, 4.69) is 58.4 Å². The molecule has 0 saturated carbocycles. The highest BCUT2D eigenvalue weighted by molar-refractivity contribution is 6.58. The van der Waals surface area contributed by atoms with Crippen LogP contribution < -0.4 is 20.6 Å². The quantitative estimate of drug-likeness (QED) is 0.141. The Morgan fingerprint density at radius 1 is 0.719 bits per heavy atom. The van der Waals surface area contributed by atoms with Crippen LogP contribution in [0.3, 0.4) is 0 Å². The molecule has 0 unspecified atom stereocenters. The number of anilines is 2. The van der Waals surface area contributed by atoms with Crippen molar-refractivity contribution in [2.24, 2.45) is 0 Å². The molecule has 4 heterocycles. The van der Waals surface area contributed by atoms with Crippen molar-refractivity contribution in [3.63, 3.8) is 0 Å². The maximum Gasteiger partial charge on any atom is 0.488 e. The van der Waals surface area contributed by atoms with E-state index in [-0.39, 0.29) is 24.3 Å². The Labute approximate surface area is 333 Å². The first-order valence-electron chi connectivity index (χ1n) is 19.8. The lowest BCUT2D eigenvalue weighted by atomic mass is 9.79. The number of nitrogens with one attached hydrogen (secondary N) is 1. The molecule has 12 nitrogen and oxygen atoms in total. The molecule has 0 bridgehead atoms. The van der Waals surface area contributed by atoms with Gasteiger partial charge in [-0.2, -0.15) is 0 Å². The van der Waals surface area contributed by atoms with Crippen molar-refractivity contribution in [1.29, 1.82) is 0 Å². The van der Waals surface area contributed by atoms with Gasteiger partial charge in [0.2, 0.25) is 11.8 Å². The lowest BCUT2D eigenvalue weighted by molar-refractivity contribution is -0.136. The number of piperazine rings is 2. The van der Waals surface area contributed by atoms with E-state index in [1.807, 2.05) is 58.3 Å². The standard InChI is InChI=1S/C44H47BN6O6/c1-2-37(30-6-4-3-5-7-30)41(31-8-12-34(13-9-31)45(56)57)32-10-14-35(15-11-32)47-20-24-49(25-21-47)44(55)50-26-22-48(23-27-50)36-16-17-38-33(28-36)29-51(43(38)54)39-18-19-40(52)46-42(39)53/h3-17,28,39,56-57H,2,18-27,29H2,1H3,(H,46,52,53)/b41-37+/t39-/m1/s1. The molecular weight excluding hydrogens is 719 g/mol. The summed E-state index contributed by atoms with van der Waals surface area (Å²) >= 11 is 0. The summed E-state index contributed by atoms with van der Waals surface area (Å²) in [5.41, 5.74) is 9.54. The van der Waals surface area contributed by atoms with Gasteiger partial charge in [-0.1, -0.05) is 73.7 Å². The second-order valence-corrected chi connectivity index (χ2v) is 15.1. The van der Waals surface area contributed by atoms with E-state index >= 15 is 0 Å². The largest absolute Gasteiger partial charge is 0.488 e. The first kappa shape index (κ1) is 38.0. The Balaban J connectivity index is 0.876. The van der Waals surface area contributed by atoms with Crippen molar-refractivity contribution in [2.75, 3.05) is 62.2 Å². The summed E-state index contributed by atoms with van der Waals surface area (Å²) in [6.45, 7) is 7.76. The van der Waals surface area contributed by atoms with Crippen LogP contribution in [0.15, 0.2) is 97.1 Å². The summed E-state index contributed by atoms with van der Waals surface area (Å²) in [5, 5.41) is 21.7. The number of carbonyl (C=O) groups excluding carboxylic acids is 4. The maximum atomic E-state index is 13.7. The van der Waals surface area contributed by atoms with Gasteiger partial charge in [0.25, 0.3) is 5.91 Å².